The average Bonchev–Trinajstić information content (AvgIpc) is 3.85. The minimum Gasteiger partial charge on any atom is -0.326 e. The number of hydrogen-bond acceptors (Lipinski definition) is 1. The molecule has 0 saturated heterocycles. The molecule has 0 amide bonds. The van der Waals surface area contributed by atoms with E-state index < -0.39 is 0 Å². The molecule has 40 heavy (non-hydrogen) atoms. The molecule has 0 bridgehead atoms. The number of aryl methyl sites for hydroxylation is 3. The zero-order valence-electron chi connectivity index (χ0n) is 24.3. The van der Waals surface area contributed by atoms with Crippen LogP contribution in [0.4, 0.5) is 0 Å². The maximum absolute atomic E-state index is 6.37. The Kier molecular flexibility index (Phi) is 6.51. The zero-order valence-corrected chi connectivity index (χ0v) is 24.3. The Balaban J connectivity index is 1.42. The summed E-state index contributed by atoms with van der Waals surface area (Å²) >= 11 is 0. The van der Waals surface area contributed by atoms with E-state index in [2.05, 4.69) is 93.6 Å². The quantitative estimate of drug-likeness (QED) is 0.267. The molecule has 3 aliphatic carbocycles. The first-order chi connectivity index (χ1) is 19.6. The van der Waals surface area contributed by atoms with Crippen molar-refractivity contribution >= 4 is 16.3 Å². The second-order valence-corrected chi connectivity index (χ2v) is 12.2. The molecule has 0 heterocycles. The Hall–Kier alpha value is -3.42. The zero-order chi connectivity index (χ0) is 27.4. The molecule has 4 aromatic rings. The van der Waals surface area contributed by atoms with Crippen LogP contribution in [0.3, 0.4) is 0 Å². The van der Waals surface area contributed by atoms with Crippen LogP contribution < -0.4 is 5.73 Å². The van der Waals surface area contributed by atoms with Gasteiger partial charge in [0.15, 0.2) is 0 Å². The summed E-state index contributed by atoms with van der Waals surface area (Å²) in [6.07, 6.45) is 12.9. The van der Waals surface area contributed by atoms with Gasteiger partial charge in [-0.1, -0.05) is 86.2 Å². The van der Waals surface area contributed by atoms with Gasteiger partial charge in [0.1, 0.15) is 0 Å². The van der Waals surface area contributed by atoms with Crippen LogP contribution in [-0.2, 0) is 25.8 Å². The molecular weight excluding hydrogens is 482 g/mol. The van der Waals surface area contributed by atoms with E-state index in [1.165, 1.54) is 84.8 Å². The highest BCUT2D eigenvalue weighted by molar-refractivity contribution is 5.98. The lowest BCUT2D eigenvalue weighted by molar-refractivity contribution is 0.713. The Morgan fingerprint density at radius 3 is 2.40 bits per heavy atom. The highest BCUT2D eigenvalue weighted by atomic mass is 14.5. The third kappa shape index (κ3) is 4.18. The van der Waals surface area contributed by atoms with E-state index in [1.807, 2.05) is 0 Å². The van der Waals surface area contributed by atoms with Crippen molar-refractivity contribution in [2.75, 3.05) is 0 Å². The number of nitrogens with two attached hydrogens (primary N) is 1. The molecule has 1 atom stereocenters. The molecule has 2 N–H and O–H groups in total. The largest absolute Gasteiger partial charge is 0.326 e. The summed E-state index contributed by atoms with van der Waals surface area (Å²) in [5.41, 5.74) is 23.8. The van der Waals surface area contributed by atoms with Gasteiger partial charge < -0.3 is 5.73 Å². The number of benzene rings is 4. The maximum atomic E-state index is 6.37. The van der Waals surface area contributed by atoms with Crippen LogP contribution in [0.5, 0.6) is 0 Å². The number of rotatable bonds is 6. The minimum atomic E-state index is 0.405. The average molecular weight is 524 g/mol. The second kappa shape index (κ2) is 10.2. The van der Waals surface area contributed by atoms with Crippen molar-refractivity contribution in [2.45, 2.75) is 84.1 Å². The first kappa shape index (κ1) is 25.5. The van der Waals surface area contributed by atoms with Crippen LogP contribution in [0.15, 0.2) is 78.4 Å². The topological polar surface area (TPSA) is 26.0 Å². The second-order valence-electron chi connectivity index (χ2n) is 12.2. The van der Waals surface area contributed by atoms with Crippen LogP contribution >= 0.6 is 0 Å². The monoisotopic (exact) mass is 523 g/mol. The van der Waals surface area contributed by atoms with Crippen molar-refractivity contribution in [3.05, 3.63) is 123 Å². The third-order valence-electron chi connectivity index (χ3n) is 9.85. The number of allylic oxidation sites excluding steroid dienone is 4. The fraction of sp³-hybridized carbons (Fsp3) is 0.333. The van der Waals surface area contributed by atoms with Gasteiger partial charge >= 0.3 is 0 Å². The molecule has 0 radical (unpaired) electrons. The van der Waals surface area contributed by atoms with Crippen LogP contribution in [0.1, 0.15) is 95.9 Å². The standard InChI is InChI=1S/C39H41N/c1-4-25-9-8-10-26(5-2)39(25)31-19-24(3)38-29(20-31)17-18-34-32-11-6-7-12-33(32)36(22-37(34)38)35-21-28(27-13-14-27)15-16-30(35)23-40/h6,8-11,15-21,27,36H,4-5,7,12-14,22-23,40H2,1-3H3. The molecule has 7 rings (SSSR count). The Bertz CT molecular complexity index is 1670. The third-order valence-corrected chi connectivity index (χ3v) is 9.85. The number of fused-ring (bicyclic) bond motifs is 4. The van der Waals surface area contributed by atoms with E-state index in [1.54, 1.807) is 5.57 Å². The van der Waals surface area contributed by atoms with Gasteiger partial charge in [0.05, 0.1) is 0 Å². The fourth-order valence-corrected chi connectivity index (χ4v) is 7.71. The van der Waals surface area contributed by atoms with E-state index in [4.69, 9.17) is 5.73 Å². The van der Waals surface area contributed by atoms with Crippen molar-refractivity contribution in [1.29, 1.82) is 0 Å². The molecule has 1 nitrogen and oxygen atoms in total. The van der Waals surface area contributed by atoms with Crippen LogP contribution in [0.25, 0.3) is 27.5 Å². The Labute approximate surface area is 239 Å². The van der Waals surface area contributed by atoms with Crippen LogP contribution in [-0.4, -0.2) is 0 Å². The smallest absolute Gasteiger partial charge is 0.0181 e. The van der Waals surface area contributed by atoms with Crippen molar-refractivity contribution in [2.24, 2.45) is 5.73 Å². The Morgan fingerprint density at radius 1 is 0.875 bits per heavy atom. The van der Waals surface area contributed by atoms with Gasteiger partial charge in [0, 0.05) is 12.5 Å². The van der Waals surface area contributed by atoms with Crippen molar-refractivity contribution < 1.29 is 0 Å². The lowest BCUT2D eigenvalue weighted by atomic mass is 9.70. The predicted octanol–water partition coefficient (Wildman–Crippen LogP) is 9.72. The van der Waals surface area contributed by atoms with Crippen LogP contribution in [0.2, 0.25) is 0 Å². The molecule has 1 heteroatoms. The van der Waals surface area contributed by atoms with Crippen molar-refractivity contribution in [3.8, 4) is 11.1 Å². The molecular formula is C39H41N. The van der Waals surface area contributed by atoms with E-state index in [9.17, 15) is 0 Å². The Morgan fingerprint density at radius 2 is 1.68 bits per heavy atom. The summed E-state index contributed by atoms with van der Waals surface area (Å²) in [4.78, 5) is 0. The van der Waals surface area contributed by atoms with Gasteiger partial charge in [0.2, 0.25) is 0 Å². The lowest BCUT2D eigenvalue weighted by Crippen LogP contribution is -2.19. The summed E-state index contributed by atoms with van der Waals surface area (Å²) in [5.74, 6) is 1.16. The molecule has 1 fully saturated rings. The van der Waals surface area contributed by atoms with Gasteiger partial charge in [-0.15, -0.1) is 0 Å². The van der Waals surface area contributed by atoms with Crippen molar-refractivity contribution in [1.82, 2.24) is 0 Å². The van der Waals surface area contributed by atoms with Crippen LogP contribution in [0, 0.1) is 6.92 Å². The normalized spacial score (nSPS) is 18.2. The van der Waals surface area contributed by atoms with E-state index in [-0.39, 0.29) is 0 Å². The molecule has 0 aromatic heterocycles. The molecule has 1 saturated carbocycles. The summed E-state index contributed by atoms with van der Waals surface area (Å²) in [6.45, 7) is 7.50. The molecule has 0 spiro atoms. The van der Waals surface area contributed by atoms with Gasteiger partial charge in [-0.2, -0.15) is 0 Å². The maximum Gasteiger partial charge on any atom is 0.0181 e. The first-order valence-corrected chi connectivity index (χ1v) is 15.5. The first-order valence-electron chi connectivity index (χ1n) is 15.5. The highest BCUT2D eigenvalue weighted by Crippen LogP contribution is 2.49. The molecule has 3 aliphatic rings. The van der Waals surface area contributed by atoms with E-state index in [0.29, 0.717) is 12.5 Å². The summed E-state index contributed by atoms with van der Waals surface area (Å²) in [7, 11) is 0. The summed E-state index contributed by atoms with van der Waals surface area (Å²) < 4.78 is 0. The lowest BCUT2D eigenvalue weighted by Gasteiger charge is -2.34. The minimum absolute atomic E-state index is 0.405. The van der Waals surface area contributed by atoms with Gasteiger partial charge in [-0.25, -0.2) is 0 Å². The molecule has 0 aliphatic heterocycles. The van der Waals surface area contributed by atoms with E-state index in [0.717, 1.165) is 38.0 Å². The van der Waals surface area contributed by atoms with Crippen molar-refractivity contribution in [3.63, 3.8) is 0 Å². The predicted molar refractivity (Wildman–Crippen MR) is 171 cm³/mol. The number of hydrogen-bond donors (Lipinski definition) is 1. The van der Waals surface area contributed by atoms with E-state index >= 15 is 0 Å². The van der Waals surface area contributed by atoms with Gasteiger partial charge in [0.25, 0.3) is 0 Å². The van der Waals surface area contributed by atoms with Gasteiger partial charge in [-0.05, 0) is 136 Å². The molecule has 4 aromatic carbocycles. The summed E-state index contributed by atoms with van der Waals surface area (Å²) in [6, 6.07) is 23.8. The summed E-state index contributed by atoms with van der Waals surface area (Å²) in [5, 5.41) is 2.83. The SMILES string of the molecule is CCc1cccc(CC)c1-c1cc(C)c2c3c(ccc2c1)C1=C(CCC=C1)C(c1cc(C2CC2)ccc1CN)C3. The highest BCUT2D eigenvalue weighted by Gasteiger charge is 2.32. The molecule has 202 valence electrons. The fourth-order valence-electron chi connectivity index (χ4n) is 7.71. The van der Waals surface area contributed by atoms with Gasteiger partial charge in [-0.3, -0.25) is 0 Å². The molecule has 1 unspecified atom stereocenters.